The first-order chi connectivity index (χ1) is 13.7. The number of hydrogen-bond donors (Lipinski definition) is 1. The molecule has 0 spiro atoms. The Morgan fingerprint density at radius 2 is 1.68 bits per heavy atom. The van der Waals surface area contributed by atoms with Crippen LogP contribution < -0.4 is 15.0 Å². The molecular weight excluding hydrogens is 352 g/mol. The highest BCUT2D eigenvalue weighted by molar-refractivity contribution is 6.08. The molecule has 1 aliphatic rings. The van der Waals surface area contributed by atoms with E-state index in [4.69, 9.17) is 4.74 Å². The summed E-state index contributed by atoms with van der Waals surface area (Å²) in [7, 11) is 1.59. The number of carbonyl (C=O) groups excluding carboxylic acids is 2. The van der Waals surface area contributed by atoms with Crippen LogP contribution in [0.3, 0.4) is 0 Å². The van der Waals surface area contributed by atoms with Crippen LogP contribution in [0.2, 0.25) is 0 Å². The van der Waals surface area contributed by atoms with E-state index in [0.29, 0.717) is 29.1 Å². The predicted molar refractivity (Wildman–Crippen MR) is 109 cm³/mol. The van der Waals surface area contributed by atoms with E-state index in [9.17, 15) is 9.59 Å². The summed E-state index contributed by atoms with van der Waals surface area (Å²) in [5, 5.41) is 2.92. The van der Waals surface area contributed by atoms with Gasteiger partial charge in [0, 0.05) is 29.0 Å². The normalized spacial score (nSPS) is 12.4. The average Bonchev–Trinajstić information content (AvgIpc) is 3.17. The fraction of sp³-hybridized carbons (Fsp3) is 0.130. The van der Waals surface area contributed by atoms with Gasteiger partial charge in [-0.2, -0.15) is 0 Å². The van der Waals surface area contributed by atoms with Crippen LogP contribution in [0.15, 0.2) is 72.8 Å². The molecule has 0 atom stereocenters. The zero-order chi connectivity index (χ0) is 19.5. The number of benzene rings is 3. The van der Waals surface area contributed by atoms with Crippen molar-refractivity contribution >= 4 is 23.2 Å². The molecule has 5 nitrogen and oxygen atoms in total. The molecule has 0 aliphatic carbocycles. The molecule has 1 aliphatic heterocycles. The summed E-state index contributed by atoms with van der Waals surface area (Å²) < 4.78 is 5.11. The Morgan fingerprint density at radius 1 is 0.929 bits per heavy atom. The minimum atomic E-state index is -0.183. The molecule has 5 heteroatoms. The van der Waals surface area contributed by atoms with E-state index in [0.717, 1.165) is 17.7 Å². The standard InChI is InChI=1S/C23H20N2O3/c1-28-20-10-7-16(8-11-20)22(26)24-19-9-12-21-18(15-19)13-14-25(21)23(27)17-5-3-2-4-6-17/h2-12,15H,13-14H2,1H3,(H,24,26). The zero-order valence-electron chi connectivity index (χ0n) is 15.5. The number of amides is 2. The molecule has 0 aromatic heterocycles. The molecule has 3 aromatic rings. The summed E-state index contributed by atoms with van der Waals surface area (Å²) >= 11 is 0. The fourth-order valence-electron chi connectivity index (χ4n) is 3.37. The number of nitrogens with one attached hydrogen (secondary N) is 1. The third kappa shape index (κ3) is 3.47. The monoisotopic (exact) mass is 372 g/mol. The lowest BCUT2D eigenvalue weighted by molar-refractivity contribution is 0.0987. The van der Waals surface area contributed by atoms with Gasteiger partial charge in [0.2, 0.25) is 0 Å². The Balaban J connectivity index is 1.50. The molecule has 0 radical (unpaired) electrons. The van der Waals surface area contributed by atoms with Crippen molar-refractivity contribution in [2.24, 2.45) is 0 Å². The number of carbonyl (C=O) groups is 2. The minimum Gasteiger partial charge on any atom is -0.497 e. The number of methoxy groups -OCH3 is 1. The van der Waals surface area contributed by atoms with Crippen molar-refractivity contribution in [3.05, 3.63) is 89.5 Å². The van der Waals surface area contributed by atoms with Gasteiger partial charge in [-0.05, 0) is 66.6 Å². The van der Waals surface area contributed by atoms with Gasteiger partial charge in [-0.15, -0.1) is 0 Å². The van der Waals surface area contributed by atoms with Gasteiger partial charge in [-0.25, -0.2) is 0 Å². The third-order valence-electron chi connectivity index (χ3n) is 4.85. The second kappa shape index (κ2) is 7.56. The lowest BCUT2D eigenvalue weighted by atomic mass is 10.1. The van der Waals surface area contributed by atoms with Crippen molar-refractivity contribution in [3.8, 4) is 5.75 Å². The molecule has 0 fully saturated rings. The van der Waals surface area contributed by atoms with Crippen molar-refractivity contribution < 1.29 is 14.3 Å². The van der Waals surface area contributed by atoms with E-state index in [1.54, 1.807) is 36.3 Å². The van der Waals surface area contributed by atoms with Crippen LogP contribution in [-0.2, 0) is 6.42 Å². The lowest BCUT2D eigenvalue weighted by Gasteiger charge is -2.17. The first kappa shape index (κ1) is 17.8. The molecule has 0 saturated heterocycles. The summed E-state index contributed by atoms with van der Waals surface area (Å²) in [6.07, 6.45) is 0.764. The van der Waals surface area contributed by atoms with Crippen molar-refractivity contribution in [3.63, 3.8) is 0 Å². The van der Waals surface area contributed by atoms with E-state index in [2.05, 4.69) is 5.32 Å². The van der Waals surface area contributed by atoms with Crippen molar-refractivity contribution in [2.45, 2.75) is 6.42 Å². The lowest BCUT2D eigenvalue weighted by Crippen LogP contribution is -2.28. The maximum Gasteiger partial charge on any atom is 0.258 e. The zero-order valence-corrected chi connectivity index (χ0v) is 15.5. The van der Waals surface area contributed by atoms with Crippen LogP contribution in [0.5, 0.6) is 5.75 Å². The topological polar surface area (TPSA) is 58.6 Å². The molecule has 1 N–H and O–H groups in total. The molecule has 4 rings (SSSR count). The molecule has 28 heavy (non-hydrogen) atoms. The van der Waals surface area contributed by atoms with Gasteiger partial charge >= 0.3 is 0 Å². The van der Waals surface area contributed by atoms with Crippen LogP contribution in [0.1, 0.15) is 26.3 Å². The number of ether oxygens (including phenoxy) is 1. The quantitative estimate of drug-likeness (QED) is 0.748. The summed E-state index contributed by atoms with van der Waals surface area (Å²) in [4.78, 5) is 27.0. The van der Waals surface area contributed by atoms with Gasteiger partial charge in [0.25, 0.3) is 11.8 Å². The second-order valence-corrected chi connectivity index (χ2v) is 6.60. The van der Waals surface area contributed by atoms with Gasteiger partial charge in [0.05, 0.1) is 7.11 Å². The van der Waals surface area contributed by atoms with Gasteiger partial charge < -0.3 is 15.0 Å². The SMILES string of the molecule is COc1ccc(C(=O)Nc2ccc3c(c2)CCN3C(=O)c2ccccc2)cc1. The van der Waals surface area contributed by atoms with Crippen molar-refractivity contribution in [1.29, 1.82) is 0 Å². The highest BCUT2D eigenvalue weighted by atomic mass is 16.5. The molecule has 2 amide bonds. The van der Waals surface area contributed by atoms with Gasteiger partial charge in [-0.1, -0.05) is 18.2 Å². The number of anilines is 2. The highest BCUT2D eigenvalue weighted by Gasteiger charge is 2.25. The van der Waals surface area contributed by atoms with E-state index >= 15 is 0 Å². The van der Waals surface area contributed by atoms with Crippen LogP contribution in [0, 0.1) is 0 Å². The van der Waals surface area contributed by atoms with Gasteiger partial charge in [0.1, 0.15) is 5.75 Å². The number of fused-ring (bicyclic) bond motifs is 1. The first-order valence-electron chi connectivity index (χ1n) is 9.11. The van der Waals surface area contributed by atoms with Crippen molar-refractivity contribution in [2.75, 3.05) is 23.9 Å². The fourth-order valence-corrected chi connectivity index (χ4v) is 3.37. The van der Waals surface area contributed by atoms with Crippen LogP contribution in [0.4, 0.5) is 11.4 Å². The smallest absolute Gasteiger partial charge is 0.258 e. The number of nitrogens with zero attached hydrogens (tertiary/aromatic N) is 1. The molecule has 3 aromatic carbocycles. The molecule has 0 saturated carbocycles. The number of hydrogen-bond acceptors (Lipinski definition) is 3. The Hall–Kier alpha value is -3.60. The predicted octanol–water partition coefficient (Wildman–Crippen LogP) is 4.15. The van der Waals surface area contributed by atoms with E-state index in [1.165, 1.54) is 0 Å². The molecule has 1 heterocycles. The van der Waals surface area contributed by atoms with Crippen LogP contribution >= 0.6 is 0 Å². The molecule has 0 unspecified atom stereocenters. The minimum absolute atomic E-state index is 0.00521. The summed E-state index contributed by atoms with van der Waals surface area (Å²) in [6, 6.07) is 21.9. The van der Waals surface area contributed by atoms with Gasteiger partial charge in [0.15, 0.2) is 0 Å². The average molecular weight is 372 g/mol. The Labute approximate surface area is 163 Å². The maximum absolute atomic E-state index is 12.8. The van der Waals surface area contributed by atoms with Crippen LogP contribution in [-0.4, -0.2) is 25.5 Å². The van der Waals surface area contributed by atoms with E-state index in [1.807, 2.05) is 48.5 Å². The summed E-state index contributed by atoms with van der Waals surface area (Å²) in [5.74, 6) is 0.518. The largest absolute Gasteiger partial charge is 0.497 e. The first-order valence-corrected chi connectivity index (χ1v) is 9.11. The van der Waals surface area contributed by atoms with E-state index in [-0.39, 0.29) is 11.8 Å². The van der Waals surface area contributed by atoms with Crippen LogP contribution in [0.25, 0.3) is 0 Å². The highest BCUT2D eigenvalue weighted by Crippen LogP contribution is 2.31. The molecule has 140 valence electrons. The summed E-state index contributed by atoms with van der Waals surface area (Å²) in [5.41, 5.74) is 3.90. The maximum atomic E-state index is 12.8. The Bertz CT molecular complexity index is 1010. The molecule has 0 bridgehead atoms. The third-order valence-corrected chi connectivity index (χ3v) is 4.85. The van der Waals surface area contributed by atoms with E-state index < -0.39 is 0 Å². The van der Waals surface area contributed by atoms with Crippen molar-refractivity contribution in [1.82, 2.24) is 0 Å². The molecular formula is C23H20N2O3. The Kier molecular flexibility index (Phi) is 4.81. The number of rotatable bonds is 4. The van der Waals surface area contributed by atoms with Gasteiger partial charge in [-0.3, -0.25) is 9.59 Å². The Morgan fingerprint density at radius 3 is 2.39 bits per heavy atom. The summed E-state index contributed by atoms with van der Waals surface area (Å²) in [6.45, 7) is 0.638. The second-order valence-electron chi connectivity index (χ2n) is 6.60.